The molecule has 1 N–H and O–H groups in total. The smallest absolute Gasteiger partial charge is 0.246 e. The number of hydrogen-bond acceptors (Lipinski definition) is 7. The molecule has 3 aromatic rings. The number of nitrogens with one attached hydrogen (secondary N) is 1. The molecule has 1 atom stereocenters. The Kier molecular flexibility index (Phi) is 4.54. The Labute approximate surface area is 153 Å². The normalized spacial score (nSPS) is 17.6. The van der Waals surface area contributed by atoms with Crippen molar-refractivity contribution in [2.75, 3.05) is 18.0 Å². The predicted octanol–water partition coefficient (Wildman–Crippen LogP) is 2.66. The number of halogens is 1. The number of aromatic nitrogens is 3. The maximum absolute atomic E-state index is 13.4. The highest BCUT2D eigenvalue weighted by atomic mass is 32.1. The van der Waals surface area contributed by atoms with Gasteiger partial charge in [-0.2, -0.15) is 4.98 Å². The Bertz CT molecular complexity index is 940. The van der Waals surface area contributed by atoms with E-state index in [1.807, 2.05) is 0 Å². The number of fused-ring (bicyclic) bond motifs is 1. The van der Waals surface area contributed by atoms with E-state index < -0.39 is 0 Å². The van der Waals surface area contributed by atoms with Crippen molar-refractivity contribution in [1.82, 2.24) is 20.4 Å². The van der Waals surface area contributed by atoms with Gasteiger partial charge in [0.1, 0.15) is 5.82 Å². The summed E-state index contributed by atoms with van der Waals surface area (Å²) in [5.74, 6) is 0.524. The lowest BCUT2D eigenvalue weighted by atomic mass is 9.97. The van der Waals surface area contributed by atoms with E-state index in [1.165, 1.54) is 23.5 Å². The van der Waals surface area contributed by atoms with Crippen LogP contribution in [0.1, 0.15) is 24.6 Å². The minimum absolute atomic E-state index is 0.0299. The van der Waals surface area contributed by atoms with Gasteiger partial charge in [-0.05, 0) is 38.0 Å². The van der Waals surface area contributed by atoms with E-state index in [1.54, 1.807) is 13.0 Å². The molecular weight excluding hydrogens is 357 g/mol. The lowest BCUT2D eigenvalue weighted by molar-refractivity contribution is -0.125. The van der Waals surface area contributed by atoms with E-state index in [4.69, 9.17) is 4.52 Å². The van der Waals surface area contributed by atoms with Crippen LogP contribution in [0.4, 0.5) is 9.52 Å². The quantitative estimate of drug-likeness (QED) is 0.755. The van der Waals surface area contributed by atoms with Crippen LogP contribution in [0.3, 0.4) is 0 Å². The van der Waals surface area contributed by atoms with Gasteiger partial charge in [0, 0.05) is 13.1 Å². The van der Waals surface area contributed by atoms with Gasteiger partial charge >= 0.3 is 0 Å². The number of anilines is 1. The summed E-state index contributed by atoms with van der Waals surface area (Å²) in [7, 11) is 0. The minimum atomic E-state index is -0.264. The Morgan fingerprint density at radius 2 is 2.35 bits per heavy atom. The first kappa shape index (κ1) is 16.9. The summed E-state index contributed by atoms with van der Waals surface area (Å²) in [5, 5.41) is 7.40. The predicted molar refractivity (Wildman–Crippen MR) is 95.4 cm³/mol. The molecule has 1 saturated heterocycles. The average molecular weight is 375 g/mol. The van der Waals surface area contributed by atoms with E-state index in [2.05, 4.69) is 25.3 Å². The van der Waals surface area contributed by atoms with E-state index in [-0.39, 0.29) is 24.2 Å². The van der Waals surface area contributed by atoms with Gasteiger partial charge < -0.3 is 14.7 Å². The fourth-order valence-electron chi connectivity index (χ4n) is 3.11. The standard InChI is InChI=1S/C17H18FN5O2S/c1-10-20-15(25-22-10)8-19-16(24)11-3-2-6-23(9-11)17-21-13-5-4-12(18)7-14(13)26-17/h4-5,7,11H,2-3,6,8-9H2,1H3,(H,19,24). The summed E-state index contributed by atoms with van der Waals surface area (Å²) in [6.45, 7) is 3.40. The fraction of sp³-hybridized carbons (Fsp3) is 0.412. The molecule has 4 rings (SSSR count). The maximum Gasteiger partial charge on any atom is 0.246 e. The third-order valence-corrected chi connectivity index (χ3v) is 5.46. The number of amides is 1. The van der Waals surface area contributed by atoms with Crippen molar-refractivity contribution in [2.24, 2.45) is 5.92 Å². The second-order valence-electron chi connectivity index (χ2n) is 6.35. The molecule has 26 heavy (non-hydrogen) atoms. The van der Waals surface area contributed by atoms with Crippen LogP contribution in [-0.4, -0.2) is 34.1 Å². The summed E-state index contributed by atoms with van der Waals surface area (Å²) in [5.41, 5.74) is 0.782. The third-order valence-electron chi connectivity index (χ3n) is 4.39. The number of rotatable bonds is 4. The van der Waals surface area contributed by atoms with Crippen LogP contribution in [0, 0.1) is 18.7 Å². The van der Waals surface area contributed by atoms with Crippen LogP contribution in [0.5, 0.6) is 0 Å². The van der Waals surface area contributed by atoms with Crippen LogP contribution >= 0.6 is 11.3 Å². The Morgan fingerprint density at radius 1 is 1.46 bits per heavy atom. The number of piperidine rings is 1. The zero-order chi connectivity index (χ0) is 18.1. The largest absolute Gasteiger partial charge is 0.347 e. The highest BCUT2D eigenvalue weighted by Crippen LogP contribution is 2.32. The lowest BCUT2D eigenvalue weighted by Crippen LogP contribution is -2.43. The molecule has 1 aliphatic heterocycles. The van der Waals surface area contributed by atoms with Crippen LogP contribution in [0.2, 0.25) is 0 Å². The number of thiazole rings is 1. The first-order valence-electron chi connectivity index (χ1n) is 8.46. The van der Waals surface area contributed by atoms with Crippen molar-refractivity contribution in [2.45, 2.75) is 26.3 Å². The molecule has 0 spiro atoms. The number of carbonyl (C=O) groups excluding carboxylic acids is 1. The molecule has 0 aliphatic carbocycles. The van der Waals surface area contributed by atoms with E-state index in [0.717, 1.165) is 34.7 Å². The molecule has 7 nitrogen and oxygen atoms in total. The highest BCUT2D eigenvalue weighted by Gasteiger charge is 2.27. The Morgan fingerprint density at radius 3 is 3.15 bits per heavy atom. The third kappa shape index (κ3) is 3.52. The minimum Gasteiger partial charge on any atom is -0.347 e. The molecule has 9 heteroatoms. The molecule has 0 bridgehead atoms. The number of nitrogens with zero attached hydrogens (tertiary/aromatic N) is 4. The van der Waals surface area contributed by atoms with Crippen LogP contribution in [0.15, 0.2) is 22.7 Å². The molecule has 0 saturated carbocycles. The zero-order valence-electron chi connectivity index (χ0n) is 14.2. The average Bonchev–Trinajstić information content (AvgIpc) is 3.25. The molecule has 0 radical (unpaired) electrons. The number of carbonyl (C=O) groups is 1. The molecule has 2 aromatic heterocycles. The molecule has 136 valence electrons. The van der Waals surface area contributed by atoms with Gasteiger partial charge in [0.2, 0.25) is 11.8 Å². The zero-order valence-corrected chi connectivity index (χ0v) is 15.1. The topological polar surface area (TPSA) is 84.2 Å². The molecule has 1 unspecified atom stereocenters. The van der Waals surface area contributed by atoms with Crippen molar-refractivity contribution in [3.8, 4) is 0 Å². The summed E-state index contributed by atoms with van der Waals surface area (Å²) < 4.78 is 19.2. The van der Waals surface area contributed by atoms with Crippen molar-refractivity contribution < 1.29 is 13.7 Å². The van der Waals surface area contributed by atoms with Gasteiger partial charge in [0.05, 0.1) is 22.7 Å². The fourth-order valence-corrected chi connectivity index (χ4v) is 4.13. The molecule has 1 aromatic carbocycles. The van der Waals surface area contributed by atoms with Crippen molar-refractivity contribution in [3.05, 3.63) is 35.7 Å². The van der Waals surface area contributed by atoms with Gasteiger partial charge in [-0.25, -0.2) is 9.37 Å². The van der Waals surface area contributed by atoms with Crippen molar-refractivity contribution >= 4 is 32.6 Å². The second kappa shape index (κ2) is 6.99. The molecule has 1 fully saturated rings. The molecule has 1 aliphatic rings. The monoisotopic (exact) mass is 375 g/mol. The number of aryl methyl sites for hydroxylation is 1. The van der Waals surface area contributed by atoms with E-state index >= 15 is 0 Å². The van der Waals surface area contributed by atoms with Gasteiger partial charge in [-0.3, -0.25) is 4.79 Å². The molecular formula is C17H18FN5O2S. The van der Waals surface area contributed by atoms with Gasteiger partial charge in [0.25, 0.3) is 0 Å². The summed E-state index contributed by atoms with van der Waals surface area (Å²) in [6.07, 6.45) is 1.73. The van der Waals surface area contributed by atoms with E-state index in [0.29, 0.717) is 18.3 Å². The summed E-state index contributed by atoms with van der Waals surface area (Å²) in [6, 6.07) is 4.60. The Hall–Kier alpha value is -2.55. The Balaban J connectivity index is 1.41. The number of hydrogen-bond donors (Lipinski definition) is 1. The first-order valence-corrected chi connectivity index (χ1v) is 9.28. The lowest BCUT2D eigenvalue weighted by Gasteiger charge is -2.31. The van der Waals surface area contributed by atoms with E-state index in [9.17, 15) is 9.18 Å². The van der Waals surface area contributed by atoms with Crippen LogP contribution in [-0.2, 0) is 11.3 Å². The molecule has 3 heterocycles. The maximum atomic E-state index is 13.4. The molecule has 1 amide bonds. The van der Waals surface area contributed by atoms with Crippen LogP contribution in [0.25, 0.3) is 10.2 Å². The van der Waals surface area contributed by atoms with Crippen molar-refractivity contribution in [1.29, 1.82) is 0 Å². The van der Waals surface area contributed by atoms with Gasteiger partial charge in [0.15, 0.2) is 11.0 Å². The second-order valence-corrected chi connectivity index (χ2v) is 7.36. The summed E-state index contributed by atoms with van der Waals surface area (Å²) >= 11 is 1.45. The summed E-state index contributed by atoms with van der Waals surface area (Å²) in [4.78, 5) is 23.2. The number of benzene rings is 1. The SMILES string of the molecule is Cc1noc(CNC(=O)C2CCCN(c3nc4ccc(F)cc4s3)C2)n1. The van der Waals surface area contributed by atoms with Crippen molar-refractivity contribution in [3.63, 3.8) is 0 Å². The first-order chi connectivity index (χ1) is 12.6. The highest BCUT2D eigenvalue weighted by molar-refractivity contribution is 7.22. The van der Waals surface area contributed by atoms with Gasteiger partial charge in [-0.15, -0.1) is 0 Å². The van der Waals surface area contributed by atoms with Crippen LogP contribution < -0.4 is 10.2 Å². The van der Waals surface area contributed by atoms with Gasteiger partial charge in [-0.1, -0.05) is 16.5 Å².